The molecule has 0 aromatic rings. The lowest BCUT2D eigenvalue weighted by Gasteiger charge is -2.28. The Labute approximate surface area is 101 Å². The molecule has 0 atom stereocenters. The highest BCUT2D eigenvalue weighted by Crippen LogP contribution is 2.11. The van der Waals surface area contributed by atoms with Crippen LogP contribution >= 0.6 is 24.0 Å². The number of ketones is 1. The Kier molecular flexibility index (Phi) is 6.76. The SMILES string of the molecule is CC(=O)CC(=S)N(CSC(C)=O)C(C)C. The van der Waals surface area contributed by atoms with Crippen LogP contribution in [0.5, 0.6) is 0 Å². The van der Waals surface area contributed by atoms with Crippen LogP contribution in [-0.2, 0) is 9.59 Å². The third-order valence-corrected chi connectivity index (χ3v) is 2.94. The number of rotatable bonds is 5. The molecule has 3 nitrogen and oxygen atoms in total. The molecular formula is C10H17NO2S2. The number of thioether (sulfide) groups is 1. The molecule has 0 unspecified atom stereocenters. The van der Waals surface area contributed by atoms with E-state index in [2.05, 4.69) is 0 Å². The first-order valence-corrected chi connectivity index (χ1v) is 6.16. The first-order chi connectivity index (χ1) is 6.84. The summed E-state index contributed by atoms with van der Waals surface area (Å²) in [5.74, 6) is 0.581. The van der Waals surface area contributed by atoms with E-state index in [0.29, 0.717) is 10.9 Å². The van der Waals surface area contributed by atoms with Crippen LogP contribution in [0.25, 0.3) is 0 Å². The molecule has 15 heavy (non-hydrogen) atoms. The van der Waals surface area contributed by atoms with Crippen LogP contribution < -0.4 is 0 Å². The first-order valence-electron chi connectivity index (χ1n) is 4.77. The first kappa shape index (κ1) is 14.6. The fraction of sp³-hybridized carbons (Fsp3) is 0.700. The van der Waals surface area contributed by atoms with Crippen LogP contribution in [0.3, 0.4) is 0 Å². The second-order valence-electron chi connectivity index (χ2n) is 3.60. The van der Waals surface area contributed by atoms with Gasteiger partial charge in [0.05, 0.1) is 17.3 Å². The van der Waals surface area contributed by atoms with Crippen molar-refractivity contribution in [3.8, 4) is 0 Å². The highest BCUT2D eigenvalue weighted by atomic mass is 32.2. The van der Waals surface area contributed by atoms with Crippen molar-refractivity contribution in [2.24, 2.45) is 0 Å². The van der Waals surface area contributed by atoms with Gasteiger partial charge in [-0.2, -0.15) is 0 Å². The Bertz CT molecular complexity index is 264. The van der Waals surface area contributed by atoms with Gasteiger partial charge in [0.25, 0.3) is 0 Å². The number of carbonyl (C=O) groups is 2. The smallest absolute Gasteiger partial charge is 0.187 e. The molecule has 0 aliphatic heterocycles. The molecule has 0 N–H and O–H groups in total. The van der Waals surface area contributed by atoms with E-state index in [1.54, 1.807) is 0 Å². The van der Waals surface area contributed by atoms with Crippen LogP contribution in [-0.4, -0.2) is 32.7 Å². The predicted molar refractivity (Wildman–Crippen MR) is 68.0 cm³/mol. The molecule has 0 saturated heterocycles. The summed E-state index contributed by atoms with van der Waals surface area (Å²) in [7, 11) is 0. The van der Waals surface area contributed by atoms with Crippen molar-refractivity contribution >= 4 is 39.9 Å². The van der Waals surface area contributed by atoms with E-state index in [4.69, 9.17) is 12.2 Å². The fourth-order valence-corrected chi connectivity index (χ4v) is 2.32. The summed E-state index contributed by atoms with van der Waals surface area (Å²) < 4.78 is 0. The van der Waals surface area contributed by atoms with Crippen molar-refractivity contribution in [2.45, 2.75) is 40.2 Å². The van der Waals surface area contributed by atoms with Crippen molar-refractivity contribution in [3.63, 3.8) is 0 Å². The van der Waals surface area contributed by atoms with Crippen LogP contribution in [0.15, 0.2) is 0 Å². The molecule has 0 aliphatic rings. The molecule has 0 rings (SSSR count). The van der Waals surface area contributed by atoms with Gasteiger partial charge >= 0.3 is 0 Å². The maximum Gasteiger partial charge on any atom is 0.187 e. The lowest BCUT2D eigenvalue weighted by molar-refractivity contribution is -0.116. The number of hydrogen-bond acceptors (Lipinski definition) is 4. The minimum absolute atomic E-state index is 0.0541. The van der Waals surface area contributed by atoms with E-state index in [1.165, 1.54) is 25.6 Å². The van der Waals surface area contributed by atoms with Crippen LogP contribution in [0.1, 0.15) is 34.1 Å². The molecule has 5 heteroatoms. The summed E-state index contributed by atoms with van der Waals surface area (Å²) in [6, 6.07) is 0.212. The molecule has 0 bridgehead atoms. The molecule has 0 fully saturated rings. The van der Waals surface area contributed by atoms with Gasteiger partial charge in [-0.1, -0.05) is 24.0 Å². The van der Waals surface area contributed by atoms with Crippen molar-refractivity contribution in [1.29, 1.82) is 0 Å². The number of Topliss-reactive ketones (excluding diaryl/α,β-unsaturated/α-hetero) is 1. The van der Waals surface area contributed by atoms with E-state index >= 15 is 0 Å². The van der Waals surface area contributed by atoms with Gasteiger partial charge in [0, 0.05) is 13.0 Å². The lowest BCUT2D eigenvalue weighted by atomic mass is 10.2. The van der Waals surface area contributed by atoms with Gasteiger partial charge in [0.15, 0.2) is 5.12 Å². The van der Waals surface area contributed by atoms with Crippen molar-refractivity contribution in [3.05, 3.63) is 0 Å². The average Bonchev–Trinajstić information content (AvgIpc) is 2.01. The number of carbonyl (C=O) groups excluding carboxylic acids is 2. The zero-order chi connectivity index (χ0) is 12.0. The zero-order valence-electron chi connectivity index (χ0n) is 9.57. The van der Waals surface area contributed by atoms with Gasteiger partial charge in [-0.05, 0) is 20.8 Å². The number of nitrogens with zero attached hydrogens (tertiary/aromatic N) is 1. The topological polar surface area (TPSA) is 37.4 Å². The highest BCUT2D eigenvalue weighted by Gasteiger charge is 2.15. The monoisotopic (exact) mass is 247 g/mol. The number of hydrogen-bond donors (Lipinski definition) is 0. The molecule has 0 aromatic carbocycles. The van der Waals surface area contributed by atoms with Crippen molar-refractivity contribution < 1.29 is 9.59 Å². The lowest BCUT2D eigenvalue weighted by Crippen LogP contribution is -2.36. The largest absolute Gasteiger partial charge is 0.354 e. The quantitative estimate of drug-likeness (QED) is 0.550. The van der Waals surface area contributed by atoms with Gasteiger partial charge in [0.1, 0.15) is 5.78 Å². The summed E-state index contributed by atoms with van der Waals surface area (Å²) in [6.07, 6.45) is 0.284. The summed E-state index contributed by atoms with van der Waals surface area (Å²) in [5, 5.41) is 0.0614. The molecule has 0 aliphatic carbocycles. The van der Waals surface area contributed by atoms with Gasteiger partial charge in [0.2, 0.25) is 0 Å². The molecule has 86 valence electrons. The van der Waals surface area contributed by atoms with Crippen molar-refractivity contribution in [1.82, 2.24) is 4.90 Å². The molecule has 0 heterocycles. The van der Waals surface area contributed by atoms with Gasteiger partial charge in [-0.25, -0.2) is 0 Å². The molecular weight excluding hydrogens is 230 g/mol. The Balaban J connectivity index is 4.32. The Morgan fingerprint density at radius 2 is 1.87 bits per heavy atom. The maximum absolute atomic E-state index is 10.9. The summed E-state index contributed by atoms with van der Waals surface area (Å²) in [5.41, 5.74) is 0. The Hall–Kier alpha value is -0.420. The Morgan fingerprint density at radius 3 is 2.20 bits per heavy atom. The van der Waals surface area contributed by atoms with E-state index in [-0.39, 0.29) is 23.4 Å². The maximum atomic E-state index is 10.9. The van der Waals surface area contributed by atoms with E-state index < -0.39 is 0 Å². The van der Waals surface area contributed by atoms with Crippen LogP contribution in [0, 0.1) is 0 Å². The van der Waals surface area contributed by atoms with E-state index in [1.807, 2.05) is 18.7 Å². The van der Waals surface area contributed by atoms with Crippen molar-refractivity contribution in [2.75, 3.05) is 5.88 Å². The van der Waals surface area contributed by atoms with E-state index in [0.717, 1.165) is 0 Å². The number of thiocarbonyl (C=S) groups is 1. The third kappa shape index (κ3) is 6.62. The van der Waals surface area contributed by atoms with Gasteiger partial charge < -0.3 is 4.90 Å². The highest BCUT2D eigenvalue weighted by molar-refractivity contribution is 8.13. The third-order valence-electron chi connectivity index (χ3n) is 1.75. The average molecular weight is 247 g/mol. The predicted octanol–water partition coefficient (Wildman–Crippen LogP) is 2.24. The fourth-order valence-electron chi connectivity index (χ4n) is 0.984. The van der Waals surface area contributed by atoms with Gasteiger partial charge in [-0.15, -0.1) is 0 Å². The zero-order valence-corrected chi connectivity index (χ0v) is 11.2. The van der Waals surface area contributed by atoms with Gasteiger partial charge in [-0.3, -0.25) is 9.59 Å². The summed E-state index contributed by atoms with van der Waals surface area (Å²) in [4.78, 5) is 24.3. The van der Waals surface area contributed by atoms with Crippen LogP contribution in [0.2, 0.25) is 0 Å². The summed E-state index contributed by atoms with van der Waals surface area (Å²) in [6.45, 7) is 7.03. The minimum atomic E-state index is 0.0541. The molecule has 0 spiro atoms. The standard InChI is InChI=1S/C10H17NO2S2/c1-7(2)11(6-15-9(4)13)10(14)5-8(3)12/h7H,5-6H2,1-4H3. The minimum Gasteiger partial charge on any atom is -0.354 e. The summed E-state index contributed by atoms with van der Waals surface area (Å²) >= 11 is 6.37. The normalized spacial score (nSPS) is 10.2. The van der Waals surface area contributed by atoms with Crippen LogP contribution in [0.4, 0.5) is 0 Å². The molecule has 0 radical (unpaired) electrons. The second kappa shape index (κ2) is 6.95. The second-order valence-corrected chi connectivity index (χ2v) is 5.19. The molecule has 0 amide bonds. The Morgan fingerprint density at radius 1 is 1.33 bits per heavy atom. The molecule has 0 aromatic heterocycles. The molecule has 0 saturated carbocycles. The van der Waals surface area contributed by atoms with E-state index in [9.17, 15) is 9.59 Å².